The molecule has 3 N–H and O–H groups in total. The Hall–Kier alpha value is -1.67. The molecule has 76 valence electrons. The lowest BCUT2D eigenvalue weighted by Crippen LogP contribution is -2.06. The van der Waals surface area contributed by atoms with Crippen molar-refractivity contribution in [3.63, 3.8) is 0 Å². The highest BCUT2D eigenvalue weighted by Crippen LogP contribution is 2.28. The number of nitro benzene ring substituents is 1. The highest BCUT2D eigenvalue weighted by molar-refractivity contribution is 7.86. The van der Waals surface area contributed by atoms with Crippen LogP contribution in [0.3, 0.4) is 0 Å². The van der Waals surface area contributed by atoms with Gasteiger partial charge in [-0.25, -0.2) is 0 Å². The zero-order valence-corrected chi connectivity index (χ0v) is 7.56. The molecule has 0 atom stereocenters. The molecule has 1 rings (SSSR count). The smallest absolute Gasteiger partial charge is 0.303 e. The summed E-state index contributed by atoms with van der Waals surface area (Å²) in [4.78, 5) is 8.59. The van der Waals surface area contributed by atoms with Crippen LogP contribution in [0.15, 0.2) is 23.1 Å². The Bertz CT molecular complexity index is 481. The van der Waals surface area contributed by atoms with Crippen molar-refractivity contribution in [1.82, 2.24) is 0 Å². The van der Waals surface area contributed by atoms with Crippen molar-refractivity contribution in [2.75, 3.05) is 5.73 Å². The van der Waals surface area contributed by atoms with Gasteiger partial charge in [-0.2, -0.15) is 8.42 Å². The zero-order valence-electron chi connectivity index (χ0n) is 6.75. The highest BCUT2D eigenvalue weighted by atomic mass is 32.2. The number of hydrogen-bond donors (Lipinski definition) is 2. The lowest BCUT2D eigenvalue weighted by molar-refractivity contribution is -0.387. The van der Waals surface area contributed by atoms with Crippen LogP contribution < -0.4 is 5.73 Å². The number of nitrogens with zero attached hydrogens (tertiary/aromatic N) is 1. The number of nitro groups is 1. The van der Waals surface area contributed by atoms with E-state index in [9.17, 15) is 18.5 Å². The van der Waals surface area contributed by atoms with Gasteiger partial charge in [0.05, 0.1) is 10.6 Å². The van der Waals surface area contributed by atoms with E-state index in [0.29, 0.717) is 0 Å². The first-order chi connectivity index (χ1) is 6.34. The summed E-state index contributed by atoms with van der Waals surface area (Å²) in [7, 11) is -4.68. The minimum absolute atomic E-state index is 0.360. The maximum Gasteiger partial charge on any atom is 0.303 e. The Morgan fingerprint density at radius 2 is 2.00 bits per heavy atom. The molecule has 0 bridgehead atoms. The molecule has 1 aromatic carbocycles. The molecule has 0 aliphatic carbocycles. The molecular formula is C6H6N2O5S. The summed E-state index contributed by atoms with van der Waals surface area (Å²) in [6, 6.07) is 3.32. The van der Waals surface area contributed by atoms with Crippen LogP contribution in [0, 0.1) is 10.1 Å². The van der Waals surface area contributed by atoms with Crippen molar-refractivity contribution in [2.45, 2.75) is 4.90 Å². The second-order valence-electron chi connectivity index (χ2n) is 2.43. The van der Waals surface area contributed by atoms with Crippen molar-refractivity contribution in [3.05, 3.63) is 28.3 Å². The summed E-state index contributed by atoms with van der Waals surface area (Å²) in [6.07, 6.45) is 0. The minimum atomic E-state index is -4.68. The minimum Gasteiger partial charge on any atom is -0.397 e. The van der Waals surface area contributed by atoms with E-state index in [1.165, 1.54) is 6.07 Å². The number of nitrogen functional groups attached to an aromatic ring is 1. The first kappa shape index (κ1) is 10.4. The average Bonchev–Trinajstić information content (AvgIpc) is 2.01. The second-order valence-corrected chi connectivity index (χ2v) is 3.79. The maximum absolute atomic E-state index is 10.8. The SMILES string of the molecule is Nc1cccc([N+](=O)[O-])c1S(=O)(=O)O. The quantitative estimate of drug-likeness (QED) is 0.321. The molecule has 0 saturated carbocycles. The van der Waals surface area contributed by atoms with Crippen molar-refractivity contribution in [2.24, 2.45) is 0 Å². The lowest BCUT2D eigenvalue weighted by atomic mass is 10.3. The fourth-order valence-electron chi connectivity index (χ4n) is 0.967. The summed E-state index contributed by atoms with van der Waals surface area (Å²) in [5.74, 6) is 0. The number of anilines is 1. The largest absolute Gasteiger partial charge is 0.397 e. The molecule has 8 heteroatoms. The van der Waals surface area contributed by atoms with Crippen LogP contribution in [-0.2, 0) is 10.1 Å². The van der Waals surface area contributed by atoms with Crippen LogP contribution in [0.5, 0.6) is 0 Å². The summed E-state index contributed by atoms with van der Waals surface area (Å²) < 4.78 is 30.2. The molecular weight excluding hydrogens is 212 g/mol. The van der Waals surface area contributed by atoms with Gasteiger partial charge in [0.1, 0.15) is 0 Å². The molecule has 0 spiro atoms. The molecule has 0 fully saturated rings. The number of benzene rings is 1. The van der Waals surface area contributed by atoms with E-state index in [1.807, 2.05) is 0 Å². The summed E-state index contributed by atoms with van der Waals surface area (Å²) in [6.45, 7) is 0. The van der Waals surface area contributed by atoms with Crippen molar-refractivity contribution < 1.29 is 17.9 Å². The third-order valence-corrected chi connectivity index (χ3v) is 2.44. The zero-order chi connectivity index (χ0) is 10.9. The van der Waals surface area contributed by atoms with Crippen LogP contribution >= 0.6 is 0 Å². The van der Waals surface area contributed by atoms with Crippen LogP contribution in [0.2, 0.25) is 0 Å². The third-order valence-electron chi connectivity index (χ3n) is 1.48. The first-order valence-corrected chi connectivity index (χ1v) is 4.78. The predicted molar refractivity (Wildman–Crippen MR) is 47.3 cm³/mol. The highest BCUT2D eigenvalue weighted by Gasteiger charge is 2.26. The molecule has 0 aliphatic heterocycles. The molecule has 0 aromatic heterocycles. The normalized spacial score (nSPS) is 11.2. The van der Waals surface area contributed by atoms with Crippen molar-refractivity contribution in [1.29, 1.82) is 0 Å². The van der Waals surface area contributed by atoms with Crippen LogP contribution in [0.1, 0.15) is 0 Å². The van der Waals surface area contributed by atoms with Gasteiger partial charge in [0.2, 0.25) is 0 Å². The second kappa shape index (κ2) is 3.24. The topological polar surface area (TPSA) is 124 Å². The van der Waals surface area contributed by atoms with Crippen molar-refractivity contribution >= 4 is 21.5 Å². The Morgan fingerprint density at radius 3 is 2.36 bits per heavy atom. The molecule has 0 unspecified atom stereocenters. The van der Waals surface area contributed by atoms with E-state index in [1.54, 1.807) is 0 Å². The summed E-state index contributed by atoms with van der Waals surface area (Å²) in [5.41, 5.74) is 4.10. The fourth-order valence-corrected chi connectivity index (χ4v) is 1.74. The number of rotatable bonds is 2. The van der Waals surface area contributed by atoms with E-state index in [-0.39, 0.29) is 5.69 Å². The number of hydrogen-bond acceptors (Lipinski definition) is 5. The molecule has 0 heterocycles. The molecule has 0 amide bonds. The van der Waals surface area contributed by atoms with E-state index in [4.69, 9.17) is 10.3 Å². The molecule has 14 heavy (non-hydrogen) atoms. The van der Waals surface area contributed by atoms with Gasteiger partial charge in [-0.1, -0.05) is 6.07 Å². The predicted octanol–water partition coefficient (Wildman–Crippen LogP) is 0.424. The number of nitrogens with two attached hydrogens (primary N) is 1. The summed E-state index contributed by atoms with van der Waals surface area (Å²) >= 11 is 0. The molecule has 7 nitrogen and oxygen atoms in total. The summed E-state index contributed by atoms with van der Waals surface area (Å²) in [5, 5.41) is 10.4. The van der Waals surface area contributed by atoms with Gasteiger partial charge in [0.15, 0.2) is 4.90 Å². The van der Waals surface area contributed by atoms with Gasteiger partial charge in [0, 0.05) is 6.07 Å². The lowest BCUT2D eigenvalue weighted by Gasteiger charge is -2.01. The van der Waals surface area contributed by atoms with Gasteiger partial charge in [0.25, 0.3) is 5.69 Å². The monoisotopic (exact) mass is 218 g/mol. The van der Waals surface area contributed by atoms with E-state index in [2.05, 4.69) is 0 Å². The van der Waals surface area contributed by atoms with Gasteiger partial charge >= 0.3 is 10.1 Å². The Morgan fingerprint density at radius 1 is 1.43 bits per heavy atom. The molecule has 0 aliphatic rings. The van der Waals surface area contributed by atoms with Gasteiger partial charge in [-0.3, -0.25) is 14.7 Å². The fraction of sp³-hybridized carbons (Fsp3) is 0. The Labute approximate surface area is 79.1 Å². The Kier molecular flexibility index (Phi) is 2.41. The van der Waals surface area contributed by atoms with Crippen LogP contribution in [-0.4, -0.2) is 17.9 Å². The van der Waals surface area contributed by atoms with Gasteiger partial charge in [-0.05, 0) is 6.07 Å². The van der Waals surface area contributed by atoms with Gasteiger partial charge in [-0.15, -0.1) is 0 Å². The van der Waals surface area contributed by atoms with Crippen LogP contribution in [0.4, 0.5) is 11.4 Å². The Balaban J connectivity index is 3.62. The van der Waals surface area contributed by atoms with Crippen LogP contribution in [0.25, 0.3) is 0 Å². The van der Waals surface area contributed by atoms with E-state index >= 15 is 0 Å². The third kappa shape index (κ3) is 1.80. The molecule has 1 aromatic rings. The first-order valence-electron chi connectivity index (χ1n) is 3.34. The molecule has 0 saturated heterocycles. The van der Waals surface area contributed by atoms with E-state index in [0.717, 1.165) is 12.1 Å². The standard InChI is InChI=1S/C6H6N2O5S/c7-4-2-1-3-5(8(9)10)6(4)14(11,12)13/h1-3H,7H2,(H,11,12,13). The van der Waals surface area contributed by atoms with Gasteiger partial charge < -0.3 is 5.73 Å². The van der Waals surface area contributed by atoms with E-state index < -0.39 is 25.6 Å². The molecule has 0 radical (unpaired) electrons. The average molecular weight is 218 g/mol. The van der Waals surface area contributed by atoms with Crippen molar-refractivity contribution in [3.8, 4) is 0 Å². The maximum atomic E-state index is 10.8.